The van der Waals surface area contributed by atoms with E-state index in [9.17, 15) is 19.5 Å². The van der Waals surface area contributed by atoms with Gasteiger partial charge < -0.3 is 19.3 Å². The average molecular weight is 530 g/mol. The summed E-state index contributed by atoms with van der Waals surface area (Å²) in [6, 6.07) is 17.4. The van der Waals surface area contributed by atoms with Crippen molar-refractivity contribution < 1.29 is 33.7 Å². The van der Waals surface area contributed by atoms with Crippen LogP contribution in [0.1, 0.15) is 43.5 Å². The Kier molecular flexibility index (Phi) is 8.04. The zero-order valence-electron chi connectivity index (χ0n) is 22.6. The second kappa shape index (κ2) is 11.4. The first-order chi connectivity index (χ1) is 18.6. The molecule has 0 radical (unpaired) electrons. The highest BCUT2D eigenvalue weighted by Gasteiger charge is 2.47. The van der Waals surface area contributed by atoms with E-state index in [1.54, 1.807) is 66.7 Å². The van der Waals surface area contributed by atoms with Gasteiger partial charge in [-0.1, -0.05) is 32.0 Å². The molecule has 202 valence electrons. The zero-order valence-corrected chi connectivity index (χ0v) is 22.6. The Bertz CT molecular complexity index is 1460. The Balaban J connectivity index is 1.88. The number of hydrogen-bond donors (Lipinski definition) is 1. The third kappa shape index (κ3) is 5.80. The number of rotatable bonds is 8. The van der Waals surface area contributed by atoms with E-state index in [1.807, 2.05) is 20.8 Å². The number of carbonyl (C=O) groups is 3. The summed E-state index contributed by atoms with van der Waals surface area (Å²) in [6.45, 7) is 7.77. The van der Waals surface area contributed by atoms with Gasteiger partial charge in [0.25, 0.3) is 11.7 Å². The minimum atomic E-state index is -0.996. The minimum Gasteiger partial charge on any atom is -0.507 e. The molecule has 1 unspecified atom stereocenters. The van der Waals surface area contributed by atoms with Gasteiger partial charge in [-0.25, -0.2) is 0 Å². The summed E-state index contributed by atoms with van der Waals surface area (Å²) in [6.07, 6.45) is 0. The van der Waals surface area contributed by atoms with Gasteiger partial charge in [0.1, 0.15) is 23.0 Å². The van der Waals surface area contributed by atoms with Gasteiger partial charge in [0.05, 0.1) is 25.3 Å². The first-order valence-corrected chi connectivity index (χ1v) is 12.6. The Morgan fingerprint density at radius 1 is 1.00 bits per heavy atom. The molecule has 1 fully saturated rings. The van der Waals surface area contributed by atoms with Gasteiger partial charge in [0.15, 0.2) is 0 Å². The number of aryl methyl sites for hydroxylation is 1. The number of aliphatic hydroxyl groups excluding tert-OH is 1. The number of hydrogen-bond acceptors (Lipinski definition) is 7. The molecule has 1 saturated heterocycles. The molecule has 1 N–H and O–H groups in total. The van der Waals surface area contributed by atoms with Crippen LogP contribution in [0.15, 0.2) is 72.3 Å². The van der Waals surface area contributed by atoms with Crippen LogP contribution in [0.3, 0.4) is 0 Å². The predicted octanol–water partition coefficient (Wildman–Crippen LogP) is 5.59. The van der Waals surface area contributed by atoms with Gasteiger partial charge >= 0.3 is 5.97 Å². The largest absolute Gasteiger partial charge is 0.507 e. The summed E-state index contributed by atoms with van der Waals surface area (Å²) in [7, 11) is 1.50. The second-order valence-corrected chi connectivity index (χ2v) is 9.72. The summed E-state index contributed by atoms with van der Waals surface area (Å²) in [5.41, 5.74) is 1.94. The summed E-state index contributed by atoms with van der Waals surface area (Å²) in [5, 5.41) is 11.5. The lowest BCUT2D eigenvalue weighted by Crippen LogP contribution is -2.29. The van der Waals surface area contributed by atoms with Gasteiger partial charge in [-0.15, -0.1) is 0 Å². The minimum absolute atomic E-state index is 0.0851. The highest BCUT2D eigenvalue weighted by Crippen LogP contribution is 2.43. The van der Waals surface area contributed by atoms with E-state index in [-0.39, 0.29) is 17.1 Å². The lowest BCUT2D eigenvalue weighted by molar-refractivity contribution is -0.132. The molecule has 8 nitrogen and oxygen atoms in total. The van der Waals surface area contributed by atoms with Gasteiger partial charge in [-0.3, -0.25) is 19.3 Å². The zero-order chi connectivity index (χ0) is 28.3. The first-order valence-electron chi connectivity index (χ1n) is 12.6. The molecule has 3 aromatic rings. The monoisotopic (exact) mass is 529 g/mol. The number of nitrogens with zero attached hydrogens (tertiary/aromatic N) is 1. The Labute approximate surface area is 227 Å². The number of aliphatic hydroxyl groups is 1. The van der Waals surface area contributed by atoms with E-state index in [0.717, 1.165) is 5.56 Å². The molecule has 1 aliphatic heterocycles. The quantitative estimate of drug-likeness (QED) is 0.133. The van der Waals surface area contributed by atoms with Gasteiger partial charge in [0, 0.05) is 24.2 Å². The number of Topliss-reactive ketones (excluding diaryl/α,β-unsaturated/α-hetero) is 1. The van der Waals surface area contributed by atoms with Crippen LogP contribution in [0.4, 0.5) is 5.69 Å². The van der Waals surface area contributed by atoms with Crippen molar-refractivity contribution in [3.63, 3.8) is 0 Å². The molecular weight excluding hydrogens is 498 g/mol. The summed E-state index contributed by atoms with van der Waals surface area (Å²) in [5.74, 6) is -0.717. The van der Waals surface area contributed by atoms with Gasteiger partial charge in [-0.05, 0) is 66.4 Å². The normalized spacial score (nSPS) is 16.5. The highest BCUT2D eigenvalue weighted by molar-refractivity contribution is 6.51. The summed E-state index contributed by atoms with van der Waals surface area (Å²) < 4.78 is 16.4. The lowest BCUT2D eigenvalue weighted by atomic mass is 9.94. The van der Waals surface area contributed by atoms with E-state index in [1.165, 1.54) is 18.9 Å². The molecule has 39 heavy (non-hydrogen) atoms. The number of methoxy groups -OCH3 is 1. The fourth-order valence-corrected chi connectivity index (χ4v) is 4.46. The summed E-state index contributed by atoms with van der Waals surface area (Å²) in [4.78, 5) is 39.8. The summed E-state index contributed by atoms with van der Waals surface area (Å²) >= 11 is 0. The van der Waals surface area contributed by atoms with Gasteiger partial charge in [0.2, 0.25) is 0 Å². The van der Waals surface area contributed by atoms with Crippen LogP contribution in [0.2, 0.25) is 0 Å². The molecule has 4 rings (SSSR count). The molecule has 1 aliphatic rings. The molecule has 1 atom stereocenters. The van der Waals surface area contributed by atoms with Crippen molar-refractivity contribution in [3.8, 4) is 17.2 Å². The van der Waals surface area contributed by atoms with Crippen LogP contribution in [-0.2, 0) is 14.4 Å². The van der Waals surface area contributed by atoms with Crippen LogP contribution < -0.4 is 19.1 Å². The van der Waals surface area contributed by atoms with Crippen molar-refractivity contribution in [1.82, 2.24) is 0 Å². The van der Waals surface area contributed by atoms with Crippen LogP contribution in [-0.4, -0.2) is 36.5 Å². The molecule has 0 bridgehead atoms. The van der Waals surface area contributed by atoms with Crippen molar-refractivity contribution in [2.75, 3.05) is 18.6 Å². The Hall–Kier alpha value is -4.59. The molecule has 8 heteroatoms. The molecular formula is C31H31NO7. The SMILES string of the molecule is COc1cccc(N2C(=O)C(=O)/C(=C(/O)c3ccc(OCC(C)C)c(C)c3)C2c2cccc(OC(C)=O)c2)c1. The van der Waals surface area contributed by atoms with E-state index in [0.29, 0.717) is 40.8 Å². The highest BCUT2D eigenvalue weighted by atomic mass is 16.5. The van der Waals surface area contributed by atoms with Crippen molar-refractivity contribution in [2.24, 2.45) is 5.92 Å². The van der Waals surface area contributed by atoms with E-state index in [2.05, 4.69) is 0 Å². The molecule has 1 heterocycles. The van der Waals surface area contributed by atoms with Crippen molar-refractivity contribution in [3.05, 3.63) is 89.0 Å². The number of ketones is 1. The molecule has 3 aromatic carbocycles. The maximum Gasteiger partial charge on any atom is 0.308 e. The maximum absolute atomic E-state index is 13.5. The van der Waals surface area contributed by atoms with Crippen LogP contribution in [0, 0.1) is 12.8 Å². The third-order valence-electron chi connectivity index (χ3n) is 6.23. The van der Waals surface area contributed by atoms with Crippen molar-refractivity contribution >= 4 is 29.1 Å². The Morgan fingerprint density at radius 2 is 1.72 bits per heavy atom. The molecule has 0 spiro atoms. The van der Waals surface area contributed by atoms with Gasteiger partial charge in [-0.2, -0.15) is 0 Å². The Morgan fingerprint density at radius 3 is 2.38 bits per heavy atom. The topological polar surface area (TPSA) is 102 Å². The molecule has 0 saturated carbocycles. The lowest BCUT2D eigenvalue weighted by Gasteiger charge is -2.26. The smallest absolute Gasteiger partial charge is 0.308 e. The number of carbonyl (C=O) groups excluding carboxylic acids is 3. The number of anilines is 1. The van der Waals surface area contributed by atoms with E-state index in [4.69, 9.17) is 14.2 Å². The number of ether oxygens (including phenoxy) is 3. The molecule has 0 aromatic heterocycles. The average Bonchev–Trinajstić information content (AvgIpc) is 3.17. The van der Waals surface area contributed by atoms with E-state index >= 15 is 0 Å². The molecule has 1 amide bonds. The molecule has 0 aliphatic carbocycles. The number of amides is 1. The van der Waals surface area contributed by atoms with Crippen LogP contribution in [0.25, 0.3) is 5.76 Å². The van der Waals surface area contributed by atoms with Crippen LogP contribution >= 0.6 is 0 Å². The number of esters is 1. The maximum atomic E-state index is 13.5. The first kappa shape index (κ1) is 27.4. The standard InChI is InChI=1S/C31H31NO7/c1-18(2)17-38-26-13-12-22(14-19(26)3)29(34)27-28(21-8-6-11-25(15-21)39-20(4)33)32(31(36)30(27)35)23-9-7-10-24(16-23)37-5/h6-16,18,28,34H,17H2,1-5H3/b29-27+. The van der Waals surface area contributed by atoms with Crippen molar-refractivity contribution in [1.29, 1.82) is 0 Å². The number of benzene rings is 3. The fourth-order valence-electron chi connectivity index (χ4n) is 4.46. The van der Waals surface area contributed by atoms with E-state index < -0.39 is 23.7 Å². The fraction of sp³-hybridized carbons (Fsp3) is 0.258. The predicted molar refractivity (Wildman–Crippen MR) is 147 cm³/mol. The third-order valence-corrected chi connectivity index (χ3v) is 6.23. The second-order valence-electron chi connectivity index (χ2n) is 9.72. The van der Waals surface area contributed by atoms with Crippen molar-refractivity contribution in [2.45, 2.75) is 33.7 Å². The van der Waals surface area contributed by atoms with Crippen LogP contribution in [0.5, 0.6) is 17.2 Å².